The Kier molecular flexibility index (Phi) is 5.16. The molecule has 0 aliphatic carbocycles. The fourth-order valence-corrected chi connectivity index (χ4v) is 3.05. The number of carbonyl (C=O) groups is 1. The van der Waals surface area contributed by atoms with E-state index < -0.39 is 5.82 Å². The number of piperidine rings is 1. The first-order valence-corrected chi connectivity index (χ1v) is 7.77. The summed E-state index contributed by atoms with van der Waals surface area (Å²) < 4.78 is 14.2. The standard InChI is InChI=1S/C15H20BrFN2O/c1-10(2)19-8-6-11(7-9-19)18-15(20)14-12(16)4-3-5-13(14)17/h3-5,10-11H,6-9H2,1-2H3,(H,18,20). The summed E-state index contributed by atoms with van der Waals surface area (Å²) in [5, 5.41) is 2.94. The minimum atomic E-state index is -0.489. The van der Waals surface area contributed by atoms with Gasteiger partial charge in [0.25, 0.3) is 5.91 Å². The predicted octanol–water partition coefficient (Wildman–Crippen LogP) is 3.19. The van der Waals surface area contributed by atoms with Crippen molar-refractivity contribution in [2.75, 3.05) is 13.1 Å². The molecule has 2 rings (SSSR count). The van der Waals surface area contributed by atoms with Crippen LogP contribution in [0, 0.1) is 5.82 Å². The molecule has 1 N–H and O–H groups in total. The monoisotopic (exact) mass is 342 g/mol. The Morgan fingerprint density at radius 1 is 1.40 bits per heavy atom. The molecule has 1 amide bonds. The summed E-state index contributed by atoms with van der Waals surface area (Å²) >= 11 is 3.23. The van der Waals surface area contributed by atoms with E-state index in [9.17, 15) is 9.18 Å². The topological polar surface area (TPSA) is 32.3 Å². The number of hydrogen-bond acceptors (Lipinski definition) is 2. The van der Waals surface area contributed by atoms with Crippen LogP contribution in [0.15, 0.2) is 22.7 Å². The van der Waals surface area contributed by atoms with Crippen molar-refractivity contribution in [3.05, 3.63) is 34.1 Å². The molecule has 1 heterocycles. The second-order valence-electron chi connectivity index (χ2n) is 5.47. The molecule has 0 radical (unpaired) electrons. The molecule has 1 aliphatic rings. The van der Waals surface area contributed by atoms with Crippen LogP contribution in [0.3, 0.4) is 0 Å². The van der Waals surface area contributed by atoms with Crippen LogP contribution in [0.2, 0.25) is 0 Å². The van der Waals surface area contributed by atoms with Gasteiger partial charge in [0.05, 0.1) is 5.56 Å². The van der Waals surface area contributed by atoms with Crippen LogP contribution in [-0.2, 0) is 0 Å². The maximum atomic E-state index is 13.7. The first-order chi connectivity index (χ1) is 9.49. The molecule has 1 fully saturated rings. The van der Waals surface area contributed by atoms with Gasteiger partial charge in [-0.2, -0.15) is 0 Å². The molecule has 1 aliphatic heterocycles. The summed E-state index contributed by atoms with van der Waals surface area (Å²) in [7, 11) is 0. The predicted molar refractivity (Wildman–Crippen MR) is 81.3 cm³/mol. The highest BCUT2D eigenvalue weighted by Crippen LogP contribution is 2.20. The highest BCUT2D eigenvalue weighted by Gasteiger charge is 2.24. The maximum absolute atomic E-state index is 13.7. The van der Waals surface area contributed by atoms with Crippen LogP contribution < -0.4 is 5.32 Å². The summed E-state index contributed by atoms with van der Waals surface area (Å²) in [4.78, 5) is 14.6. The van der Waals surface area contributed by atoms with Crippen LogP contribution in [0.5, 0.6) is 0 Å². The van der Waals surface area contributed by atoms with Gasteiger partial charge in [0.15, 0.2) is 0 Å². The minimum Gasteiger partial charge on any atom is -0.349 e. The number of benzene rings is 1. The summed E-state index contributed by atoms with van der Waals surface area (Å²) in [6, 6.07) is 5.23. The highest BCUT2D eigenvalue weighted by atomic mass is 79.9. The van der Waals surface area contributed by atoms with Gasteiger partial charge in [0.2, 0.25) is 0 Å². The number of halogens is 2. The Bertz CT molecular complexity index is 465. The first-order valence-electron chi connectivity index (χ1n) is 6.98. The van der Waals surface area contributed by atoms with Crippen molar-refractivity contribution in [2.24, 2.45) is 0 Å². The zero-order valence-electron chi connectivity index (χ0n) is 11.8. The Balaban J connectivity index is 1.96. The second kappa shape index (κ2) is 6.68. The third kappa shape index (κ3) is 3.58. The smallest absolute Gasteiger partial charge is 0.255 e. The van der Waals surface area contributed by atoms with Crippen molar-refractivity contribution in [1.82, 2.24) is 10.2 Å². The lowest BCUT2D eigenvalue weighted by Gasteiger charge is -2.34. The molecule has 1 aromatic carbocycles. The SMILES string of the molecule is CC(C)N1CCC(NC(=O)c2c(F)cccc2Br)CC1. The molecule has 0 spiro atoms. The molecule has 0 unspecified atom stereocenters. The van der Waals surface area contributed by atoms with E-state index in [4.69, 9.17) is 0 Å². The Labute approximate surface area is 127 Å². The molecule has 110 valence electrons. The van der Waals surface area contributed by atoms with E-state index in [1.165, 1.54) is 6.07 Å². The number of carbonyl (C=O) groups excluding carboxylic acids is 1. The van der Waals surface area contributed by atoms with Gasteiger partial charge in [-0.15, -0.1) is 0 Å². The summed E-state index contributed by atoms with van der Waals surface area (Å²) in [5.74, 6) is -0.825. The molecule has 0 saturated carbocycles. The number of likely N-dealkylation sites (tertiary alicyclic amines) is 1. The normalized spacial score (nSPS) is 17.4. The highest BCUT2D eigenvalue weighted by molar-refractivity contribution is 9.10. The number of rotatable bonds is 3. The van der Waals surface area contributed by atoms with E-state index in [-0.39, 0.29) is 17.5 Å². The lowest BCUT2D eigenvalue weighted by atomic mass is 10.0. The Morgan fingerprint density at radius 2 is 2.05 bits per heavy atom. The zero-order valence-corrected chi connectivity index (χ0v) is 13.4. The molecule has 5 heteroatoms. The fraction of sp³-hybridized carbons (Fsp3) is 0.533. The van der Waals surface area contributed by atoms with Crippen LogP contribution >= 0.6 is 15.9 Å². The molecule has 1 aromatic rings. The van der Waals surface area contributed by atoms with Gasteiger partial charge in [0, 0.05) is 29.6 Å². The fourth-order valence-electron chi connectivity index (χ4n) is 2.53. The molecule has 0 atom stereocenters. The van der Waals surface area contributed by atoms with Crippen LogP contribution in [0.1, 0.15) is 37.0 Å². The van der Waals surface area contributed by atoms with E-state index in [1.54, 1.807) is 12.1 Å². The van der Waals surface area contributed by atoms with Gasteiger partial charge in [0.1, 0.15) is 5.82 Å². The largest absolute Gasteiger partial charge is 0.349 e. The number of amides is 1. The summed E-state index contributed by atoms with van der Waals surface area (Å²) in [5.41, 5.74) is 0.0961. The van der Waals surface area contributed by atoms with Crippen LogP contribution in [-0.4, -0.2) is 36.0 Å². The van der Waals surface area contributed by atoms with E-state index >= 15 is 0 Å². The summed E-state index contributed by atoms with van der Waals surface area (Å²) in [6.45, 7) is 6.30. The molecule has 0 bridgehead atoms. The van der Waals surface area contributed by atoms with Crippen molar-refractivity contribution in [3.8, 4) is 0 Å². The maximum Gasteiger partial charge on any atom is 0.255 e. The van der Waals surface area contributed by atoms with Gasteiger partial charge < -0.3 is 10.2 Å². The van der Waals surface area contributed by atoms with Gasteiger partial charge in [-0.1, -0.05) is 6.07 Å². The van der Waals surface area contributed by atoms with Crippen LogP contribution in [0.4, 0.5) is 4.39 Å². The lowest BCUT2D eigenvalue weighted by Crippen LogP contribution is -2.46. The van der Waals surface area contributed by atoms with Crippen molar-refractivity contribution in [3.63, 3.8) is 0 Å². The van der Waals surface area contributed by atoms with Gasteiger partial charge in [-0.3, -0.25) is 4.79 Å². The van der Waals surface area contributed by atoms with Crippen molar-refractivity contribution in [2.45, 2.75) is 38.8 Å². The average molecular weight is 343 g/mol. The molecule has 0 aromatic heterocycles. The second-order valence-corrected chi connectivity index (χ2v) is 6.33. The molecular weight excluding hydrogens is 323 g/mol. The Hall–Kier alpha value is -0.940. The number of nitrogens with one attached hydrogen (secondary N) is 1. The summed E-state index contributed by atoms with van der Waals surface area (Å²) in [6.07, 6.45) is 1.83. The Morgan fingerprint density at radius 3 is 2.60 bits per heavy atom. The van der Waals surface area contributed by atoms with E-state index in [0.29, 0.717) is 10.5 Å². The van der Waals surface area contributed by atoms with Gasteiger partial charge >= 0.3 is 0 Å². The van der Waals surface area contributed by atoms with Crippen molar-refractivity contribution >= 4 is 21.8 Å². The molecule has 3 nitrogen and oxygen atoms in total. The quantitative estimate of drug-likeness (QED) is 0.914. The average Bonchev–Trinajstić information content (AvgIpc) is 2.39. The molecule has 20 heavy (non-hydrogen) atoms. The number of hydrogen-bond donors (Lipinski definition) is 1. The first kappa shape index (κ1) is 15.4. The lowest BCUT2D eigenvalue weighted by molar-refractivity contribution is 0.0896. The van der Waals surface area contributed by atoms with Crippen molar-refractivity contribution in [1.29, 1.82) is 0 Å². The van der Waals surface area contributed by atoms with Gasteiger partial charge in [-0.25, -0.2) is 4.39 Å². The van der Waals surface area contributed by atoms with E-state index in [2.05, 4.69) is 40.0 Å². The minimum absolute atomic E-state index is 0.0961. The van der Waals surface area contributed by atoms with Crippen molar-refractivity contribution < 1.29 is 9.18 Å². The van der Waals surface area contributed by atoms with E-state index in [1.807, 2.05) is 0 Å². The molecular formula is C15H20BrFN2O. The zero-order chi connectivity index (χ0) is 14.7. The molecule has 1 saturated heterocycles. The third-order valence-electron chi connectivity index (χ3n) is 3.78. The number of nitrogens with zero attached hydrogens (tertiary/aromatic N) is 1. The third-order valence-corrected chi connectivity index (χ3v) is 4.45. The van der Waals surface area contributed by atoms with Crippen LogP contribution in [0.25, 0.3) is 0 Å². The van der Waals surface area contributed by atoms with E-state index in [0.717, 1.165) is 25.9 Å². The van der Waals surface area contributed by atoms with Gasteiger partial charge in [-0.05, 0) is 54.8 Å².